The van der Waals surface area contributed by atoms with Crippen LogP contribution in [0.2, 0.25) is 0 Å². The second-order valence-electron chi connectivity index (χ2n) is 8.29. The summed E-state index contributed by atoms with van der Waals surface area (Å²) in [6.45, 7) is 6.74. The van der Waals surface area contributed by atoms with Crippen molar-refractivity contribution in [2.24, 2.45) is 0 Å². The molecule has 0 saturated carbocycles. The van der Waals surface area contributed by atoms with Crippen LogP contribution in [0, 0.1) is 0 Å². The quantitative estimate of drug-likeness (QED) is 0.508. The molecular weight excluding hydrogens is 410 g/mol. The van der Waals surface area contributed by atoms with Crippen molar-refractivity contribution in [2.45, 2.75) is 63.9 Å². The van der Waals surface area contributed by atoms with Crippen LogP contribution in [0.1, 0.15) is 32.8 Å². The van der Waals surface area contributed by atoms with Crippen LogP contribution < -0.4 is 10.6 Å². The van der Waals surface area contributed by atoms with E-state index in [4.69, 9.17) is 9.47 Å². The number of carbonyl (C=O) groups is 2. The fraction of sp³-hybridized carbons (Fsp3) is 0.609. The number of amides is 2. The largest absolute Gasteiger partial charge is 0.379 e. The number of fused-ring (bicyclic) bond motifs is 1. The van der Waals surface area contributed by atoms with E-state index in [-0.39, 0.29) is 24.0 Å². The van der Waals surface area contributed by atoms with E-state index in [1.54, 1.807) is 34.3 Å². The molecule has 3 heterocycles. The van der Waals surface area contributed by atoms with E-state index < -0.39 is 18.2 Å². The fourth-order valence-electron chi connectivity index (χ4n) is 4.39. The van der Waals surface area contributed by atoms with Crippen molar-refractivity contribution in [1.29, 1.82) is 0 Å². The molecule has 3 N–H and O–H groups in total. The van der Waals surface area contributed by atoms with Crippen molar-refractivity contribution >= 4 is 22.8 Å². The van der Waals surface area contributed by atoms with Gasteiger partial charge >= 0.3 is 0 Å². The van der Waals surface area contributed by atoms with Gasteiger partial charge in [-0.25, -0.2) is 4.98 Å². The van der Waals surface area contributed by atoms with Crippen molar-refractivity contribution in [3.8, 4) is 0 Å². The number of H-pyrrole nitrogens is 1. The van der Waals surface area contributed by atoms with Gasteiger partial charge in [-0.05, 0) is 50.9 Å². The molecule has 1 aliphatic heterocycles. The van der Waals surface area contributed by atoms with Crippen LogP contribution >= 0.6 is 0 Å². The number of aromatic nitrogens is 2. The Kier molecular flexibility index (Phi) is 8.22. The third-order valence-corrected chi connectivity index (χ3v) is 6.34. The van der Waals surface area contributed by atoms with Gasteiger partial charge in [-0.2, -0.15) is 0 Å². The second kappa shape index (κ2) is 10.9. The average Bonchev–Trinajstić information content (AvgIpc) is 3.40. The van der Waals surface area contributed by atoms with E-state index in [2.05, 4.69) is 20.6 Å². The number of hydrogen-bond donors (Lipinski definition) is 3. The molecule has 0 aromatic carbocycles. The average molecular weight is 446 g/mol. The number of likely N-dealkylation sites (N-methyl/N-ethyl adjacent to an activating group) is 1. The normalized spacial score (nSPS) is 21.5. The van der Waals surface area contributed by atoms with Gasteiger partial charge < -0.3 is 30.0 Å². The van der Waals surface area contributed by atoms with Crippen LogP contribution in [0.25, 0.3) is 11.0 Å². The molecule has 0 radical (unpaired) electrons. The number of carbonyl (C=O) groups excluding carboxylic acids is 2. The lowest BCUT2D eigenvalue weighted by Crippen LogP contribution is -2.58. The summed E-state index contributed by atoms with van der Waals surface area (Å²) in [6, 6.07) is 2.59. The van der Waals surface area contributed by atoms with Gasteiger partial charge in [-0.3, -0.25) is 9.59 Å². The lowest BCUT2D eigenvalue weighted by molar-refractivity contribution is -0.142. The first-order valence-corrected chi connectivity index (χ1v) is 11.2. The molecular formula is C23H35N5O4. The molecule has 2 aromatic rings. The zero-order chi connectivity index (χ0) is 23.3. The first-order valence-electron chi connectivity index (χ1n) is 11.2. The maximum Gasteiger partial charge on any atom is 0.248 e. The number of likely N-dealkylation sites (tertiary alicyclic amines) is 1. The number of nitrogens with one attached hydrogen (secondary N) is 3. The zero-order valence-corrected chi connectivity index (χ0v) is 19.6. The summed E-state index contributed by atoms with van der Waals surface area (Å²) in [4.78, 5) is 35.7. The molecule has 9 nitrogen and oxygen atoms in total. The van der Waals surface area contributed by atoms with E-state index in [1.165, 1.54) is 0 Å². The van der Waals surface area contributed by atoms with Crippen LogP contribution in [0.5, 0.6) is 0 Å². The lowest BCUT2D eigenvalue weighted by atomic mass is 10.0. The maximum atomic E-state index is 13.7. The summed E-state index contributed by atoms with van der Waals surface area (Å²) in [7, 11) is 3.22. The number of pyridine rings is 1. The van der Waals surface area contributed by atoms with Gasteiger partial charge in [0.2, 0.25) is 11.8 Å². The van der Waals surface area contributed by atoms with Crippen molar-refractivity contribution in [3.05, 3.63) is 30.1 Å². The van der Waals surface area contributed by atoms with Crippen LogP contribution in [0.4, 0.5) is 0 Å². The van der Waals surface area contributed by atoms with Gasteiger partial charge in [0, 0.05) is 38.5 Å². The SMILES string of the molecule is CCN[C@@H](C)C(=O)N[C@H](C(=O)N1CCC(OC)[C@@H]1Cc1c[nH]c2ncccc12)C(C)OC. The summed E-state index contributed by atoms with van der Waals surface area (Å²) < 4.78 is 11.2. The maximum absolute atomic E-state index is 13.7. The van der Waals surface area contributed by atoms with E-state index >= 15 is 0 Å². The summed E-state index contributed by atoms with van der Waals surface area (Å²) in [5.41, 5.74) is 1.91. The third kappa shape index (κ3) is 5.11. The molecule has 0 aliphatic carbocycles. The minimum Gasteiger partial charge on any atom is -0.379 e. The van der Waals surface area contributed by atoms with E-state index in [0.717, 1.165) is 23.0 Å². The topological polar surface area (TPSA) is 109 Å². The van der Waals surface area contributed by atoms with Crippen molar-refractivity contribution < 1.29 is 19.1 Å². The van der Waals surface area contributed by atoms with Gasteiger partial charge in [0.25, 0.3) is 0 Å². The van der Waals surface area contributed by atoms with Crippen LogP contribution in [0.3, 0.4) is 0 Å². The highest BCUT2D eigenvalue weighted by molar-refractivity contribution is 5.90. The number of rotatable bonds is 10. The zero-order valence-electron chi connectivity index (χ0n) is 19.6. The number of aromatic amines is 1. The predicted molar refractivity (Wildman–Crippen MR) is 122 cm³/mol. The van der Waals surface area contributed by atoms with Crippen LogP contribution in [-0.4, -0.2) is 84.3 Å². The molecule has 2 amide bonds. The monoisotopic (exact) mass is 445 g/mol. The number of hydrogen-bond acceptors (Lipinski definition) is 6. The van der Waals surface area contributed by atoms with E-state index in [9.17, 15) is 9.59 Å². The highest BCUT2D eigenvalue weighted by Gasteiger charge is 2.42. The van der Waals surface area contributed by atoms with E-state index in [0.29, 0.717) is 19.5 Å². The Morgan fingerprint density at radius 3 is 2.81 bits per heavy atom. The minimum atomic E-state index is -0.781. The van der Waals surface area contributed by atoms with Crippen molar-refractivity contribution in [3.63, 3.8) is 0 Å². The fourth-order valence-corrected chi connectivity index (χ4v) is 4.39. The van der Waals surface area contributed by atoms with Gasteiger partial charge in [-0.15, -0.1) is 0 Å². The molecule has 1 saturated heterocycles. The molecule has 0 bridgehead atoms. The predicted octanol–water partition coefficient (Wildman–Crippen LogP) is 1.24. The second-order valence-corrected chi connectivity index (χ2v) is 8.29. The molecule has 3 rings (SSSR count). The standard InChI is InChI=1S/C23H35N5O4/c1-6-24-14(2)22(29)27-20(15(3)31-4)23(30)28-11-9-19(32-5)18(28)12-16-13-26-21-17(16)8-7-10-25-21/h7-8,10,13-15,18-20,24H,6,9,11-12H2,1-5H3,(H,25,26)(H,27,29)/t14-,15?,18-,19?,20-/m0/s1. The number of methoxy groups -OCH3 is 2. The Bertz CT molecular complexity index is 917. The molecule has 176 valence electrons. The van der Waals surface area contributed by atoms with Gasteiger partial charge in [0.05, 0.1) is 24.3 Å². The first kappa shape index (κ1) is 24.2. The third-order valence-electron chi connectivity index (χ3n) is 6.34. The van der Waals surface area contributed by atoms with Crippen LogP contribution in [0.15, 0.2) is 24.5 Å². The van der Waals surface area contributed by atoms with E-state index in [1.807, 2.05) is 30.2 Å². The lowest BCUT2D eigenvalue weighted by Gasteiger charge is -2.33. The number of nitrogens with zero attached hydrogens (tertiary/aromatic N) is 2. The molecule has 1 aliphatic rings. The van der Waals surface area contributed by atoms with Crippen LogP contribution in [-0.2, 0) is 25.5 Å². The Balaban J connectivity index is 1.83. The van der Waals surface area contributed by atoms with Gasteiger partial charge in [-0.1, -0.05) is 6.92 Å². The molecule has 2 aromatic heterocycles. The molecule has 2 unspecified atom stereocenters. The summed E-state index contributed by atoms with van der Waals surface area (Å²) in [5, 5.41) is 7.01. The van der Waals surface area contributed by atoms with Crippen molar-refractivity contribution in [1.82, 2.24) is 25.5 Å². The molecule has 9 heteroatoms. The smallest absolute Gasteiger partial charge is 0.248 e. The summed E-state index contributed by atoms with van der Waals surface area (Å²) >= 11 is 0. The minimum absolute atomic E-state index is 0.0875. The van der Waals surface area contributed by atoms with Crippen molar-refractivity contribution in [2.75, 3.05) is 27.3 Å². The Morgan fingerprint density at radius 2 is 2.12 bits per heavy atom. The molecule has 0 spiro atoms. The Hall–Kier alpha value is -2.49. The van der Waals surface area contributed by atoms with Gasteiger partial charge in [0.15, 0.2) is 0 Å². The molecule has 32 heavy (non-hydrogen) atoms. The highest BCUT2D eigenvalue weighted by atomic mass is 16.5. The summed E-state index contributed by atoms with van der Waals surface area (Å²) in [6.07, 6.45) is 4.50. The Morgan fingerprint density at radius 1 is 1.34 bits per heavy atom. The Labute approximate surface area is 189 Å². The first-order chi connectivity index (χ1) is 15.4. The number of ether oxygens (including phenoxy) is 2. The molecule has 5 atom stereocenters. The highest BCUT2D eigenvalue weighted by Crippen LogP contribution is 2.28. The van der Waals surface area contributed by atoms with Gasteiger partial charge in [0.1, 0.15) is 11.7 Å². The molecule has 1 fully saturated rings. The summed E-state index contributed by atoms with van der Waals surface area (Å²) in [5.74, 6) is -0.380.